The summed E-state index contributed by atoms with van der Waals surface area (Å²) in [5.74, 6) is 0. The fourth-order valence-corrected chi connectivity index (χ4v) is 1.45. The van der Waals surface area contributed by atoms with Crippen molar-refractivity contribution in [3.63, 3.8) is 0 Å². The third kappa shape index (κ3) is 4.09. The lowest BCUT2D eigenvalue weighted by Crippen LogP contribution is -2.34. The van der Waals surface area contributed by atoms with Crippen LogP contribution in [0.1, 0.15) is 12.5 Å². The Morgan fingerprint density at radius 2 is 2.29 bits per heavy atom. The standard InChI is InChI=1S/C11H17ClN2/c1-9(8-13)14-6-5-10-3-2-4-11(12)7-10/h2-4,7,9,14H,5-6,8,13H2,1H3. The molecule has 0 saturated carbocycles. The van der Waals surface area contributed by atoms with Gasteiger partial charge in [0.2, 0.25) is 0 Å². The molecule has 2 nitrogen and oxygen atoms in total. The van der Waals surface area contributed by atoms with Gasteiger partial charge >= 0.3 is 0 Å². The van der Waals surface area contributed by atoms with Crippen molar-refractivity contribution in [3.05, 3.63) is 34.9 Å². The molecule has 0 saturated heterocycles. The van der Waals surface area contributed by atoms with Gasteiger partial charge in [-0.2, -0.15) is 0 Å². The SMILES string of the molecule is CC(CN)NCCc1cccc(Cl)c1. The molecule has 1 unspecified atom stereocenters. The maximum absolute atomic E-state index is 5.87. The second kappa shape index (κ2) is 6.02. The monoisotopic (exact) mass is 212 g/mol. The Morgan fingerprint density at radius 3 is 2.93 bits per heavy atom. The summed E-state index contributed by atoms with van der Waals surface area (Å²) in [4.78, 5) is 0. The summed E-state index contributed by atoms with van der Waals surface area (Å²) < 4.78 is 0. The first kappa shape index (κ1) is 11.5. The maximum atomic E-state index is 5.87. The van der Waals surface area contributed by atoms with Gasteiger partial charge < -0.3 is 11.1 Å². The average Bonchev–Trinajstić information content (AvgIpc) is 2.17. The minimum atomic E-state index is 0.384. The van der Waals surface area contributed by atoms with Gasteiger partial charge in [0.05, 0.1) is 0 Å². The molecule has 78 valence electrons. The van der Waals surface area contributed by atoms with Crippen molar-refractivity contribution in [1.82, 2.24) is 5.32 Å². The van der Waals surface area contributed by atoms with Gasteiger partial charge in [-0.15, -0.1) is 0 Å². The van der Waals surface area contributed by atoms with E-state index in [0.717, 1.165) is 18.0 Å². The van der Waals surface area contributed by atoms with Crippen LogP contribution >= 0.6 is 11.6 Å². The van der Waals surface area contributed by atoms with Crippen molar-refractivity contribution in [3.8, 4) is 0 Å². The normalized spacial score (nSPS) is 12.8. The molecule has 0 bridgehead atoms. The average molecular weight is 213 g/mol. The van der Waals surface area contributed by atoms with Crippen LogP contribution in [0.15, 0.2) is 24.3 Å². The first-order valence-electron chi connectivity index (χ1n) is 4.90. The van der Waals surface area contributed by atoms with Crippen LogP contribution < -0.4 is 11.1 Å². The van der Waals surface area contributed by atoms with Crippen LogP contribution in [-0.2, 0) is 6.42 Å². The highest BCUT2D eigenvalue weighted by atomic mass is 35.5. The van der Waals surface area contributed by atoms with E-state index >= 15 is 0 Å². The summed E-state index contributed by atoms with van der Waals surface area (Å²) >= 11 is 5.87. The Morgan fingerprint density at radius 1 is 1.50 bits per heavy atom. The molecular formula is C11H17ClN2. The van der Waals surface area contributed by atoms with E-state index in [2.05, 4.69) is 18.3 Å². The van der Waals surface area contributed by atoms with Gasteiger partial charge in [0, 0.05) is 17.6 Å². The minimum absolute atomic E-state index is 0.384. The summed E-state index contributed by atoms with van der Waals surface area (Å²) in [6.45, 7) is 3.70. The van der Waals surface area contributed by atoms with Gasteiger partial charge in [-0.25, -0.2) is 0 Å². The van der Waals surface area contributed by atoms with Crippen molar-refractivity contribution in [2.24, 2.45) is 5.73 Å². The predicted octanol–water partition coefficient (Wildman–Crippen LogP) is 1.82. The Labute approximate surface area is 90.4 Å². The lowest BCUT2D eigenvalue weighted by Gasteiger charge is -2.10. The number of halogens is 1. The minimum Gasteiger partial charge on any atom is -0.329 e. The largest absolute Gasteiger partial charge is 0.329 e. The molecule has 0 aliphatic heterocycles. The van der Waals surface area contributed by atoms with E-state index in [1.54, 1.807) is 0 Å². The number of nitrogens with two attached hydrogens (primary N) is 1. The Bertz CT molecular complexity index is 276. The molecule has 3 N–H and O–H groups in total. The first-order valence-corrected chi connectivity index (χ1v) is 5.28. The molecule has 3 heteroatoms. The summed E-state index contributed by atoms with van der Waals surface area (Å²) in [5, 5.41) is 4.13. The van der Waals surface area contributed by atoms with Crippen LogP contribution in [-0.4, -0.2) is 19.1 Å². The second-order valence-electron chi connectivity index (χ2n) is 3.47. The molecule has 0 aliphatic rings. The third-order valence-corrected chi connectivity index (χ3v) is 2.38. The van der Waals surface area contributed by atoms with E-state index < -0.39 is 0 Å². The summed E-state index contributed by atoms with van der Waals surface area (Å²) in [7, 11) is 0. The molecule has 0 spiro atoms. The smallest absolute Gasteiger partial charge is 0.0408 e. The van der Waals surface area contributed by atoms with Crippen LogP contribution in [0, 0.1) is 0 Å². The van der Waals surface area contributed by atoms with Gasteiger partial charge in [0.15, 0.2) is 0 Å². The lowest BCUT2D eigenvalue weighted by molar-refractivity contribution is 0.559. The van der Waals surface area contributed by atoms with Gasteiger partial charge in [-0.3, -0.25) is 0 Å². The topological polar surface area (TPSA) is 38.0 Å². The summed E-state index contributed by atoms with van der Waals surface area (Å²) in [6, 6.07) is 8.33. The van der Waals surface area contributed by atoms with Crippen LogP contribution in [0.2, 0.25) is 5.02 Å². The van der Waals surface area contributed by atoms with E-state index in [4.69, 9.17) is 17.3 Å². The van der Waals surface area contributed by atoms with Crippen molar-refractivity contribution in [1.29, 1.82) is 0 Å². The molecule has 14 heavy (non-hydrogen) atoms. The predicted molar refractivity (Wildman–Crippen MR) is 61.7 cm³/mol. The van der Waals surface area contributed by atoms with Crippen LogP contribution in [0.5, 0.6) is 0 Å². The van der Waals surface area contributed by atoms with E-state index in [1.807, 2.05) is 18.2 Å². The van der Waals surface area contributed by atoms with Gasteiger partial charge in [0.25, 0.3) is 0 Å². The molecule has 0 heterocycles. The summed E-state index contributed by atoms with van der Waals surface area (Å²) in [6.07, 6.45) is 0.991. The van der Waals surface area contributed by atoms with Gasteiger partial charge in [0.1, 0.15) is 0 Å². The lowest BCUT2D eigenvalue weighted by atomic mass is 10.1. The molecule has 1 rings (SSSR count). The van der Waals surface area contributed by atoms with Crippen molar-refractivity contribution < 1.29 is 0 Å². The highest BCUT2D eigenvalue weighted by Gasteiger charge is 1.98. The van der Waals surface area contributed by atoms with Gasteiger partial charge in [-0.05, 0) is 37.6 Å². The number of benzene rings is 1. The van der Waals surface area contributed by atoms with E-state index in [0.29, 0.717) is 12.6 Å². The molecule has 0 radical (unpaired) electrons. The first-order chi connectivity index (χ1) is 6.72. The molecule has 0 amide bonds. The molecule has 0 aromatic heterocycles. The molecule has 0 aliphatic carbocycles. The zero-order chi connectivity index (χ0) is 10.4. The zero-order valence-corrected chi connectivity index (χ0v) is 9.22. The van der Waals surface area contributed by atoms with Crippen LogP contribution in [0.4, 0.5) is 0 Å². The van der Waals surface area contributed by atoms with Crippen molar-refractivity contribution in [2.75, 3.05) is 13.1 Å². The highest BCUT2D eigenvalue weighted by molar-refractivity contribution is 6.30. The molecule has 1 aromatic carbocycles. The fraction of sp³-hybridized carbons (Fsp3) is 0.455. The number of hydrogen-bond donors (Lipinski definition) is 2. The van der Waals surface area contributed by atoms with Crippen LogP contribution in [0.3, 0.4) is 0 Å². The molecule has 1 aromatic rings. The molecule has 0 fully saturated rings. The number of nitrogens with one attached hydrogen (secondary N) is 1. The van der Waals surface area contributed by atoms with E-state index in [9.17, 15) is 0 Å². The summed E-state index contributed by atoms with van der Waals surface area (Å²) in [5.41, 5.74) is 6.75. The molecular weight excluding hydrogens is 196 g/mol. The second-order valence-corrected chi connectivity index (χ2v) is 3.91. The Hall–Kier alpha value is -0.570. The van der Waals surface area contributed by atoms with E-state index in [1.165, 1.54) is 5.56 Å². The quantitative estimate of drug-likeness (QED) is 0.782. The Kier molecular flexibility index (Phi) is 4.94. The fourth-order valence-electron chi connectivity index (χ4n) is 1.24. The third-order valence-electron chi connectivity index (χ3n) is 2.15. The molecule has 1 atom stereocenters. The zero-order valence-electron chi connectivity index (χ0n) is 8.46. The maximum Gasteiger partial charge on any atom is 0.0408 e. The van der Waals surface area contributed by atoms with Crippen LogP contribution in [0.25, 0.3) is 0 Å². The van der Waals surface area contributed by atoms with Gasteiger partial charge in [-0.1, -0.05) is 23.7 Å². The highest BCUT2D eigenvalue weighted by Crippen LogP contribution is 2.10. The van der Waals surface area contributed by atoms with E-state index in [-0.39, 0.29) is 0 Å². The van der Waals surface area contributed by atoms with Crippen molar-refractivity contribution >= 4 is 11.6 Å². The number of rotatable bonds is 5. The number of hydrogen-bond acceptors (Lipinski definition) is 2. The van der Waals surface area contributed by atoms with Crippen molar-refractivity contribution in [2.45, 2.75) is 19.4 Å². The Balaban J connectivity index is 2.31.